The summed E-state index contributed by atoms with van der Waals surface area (Å²) in [7, 11) is 0. The van der Waals surface area contributed by atoms with E-state index >= 15 is 0 Å². The second kappa shape index (κ2) is 7.84. The van der Waals surface area contributed by atoms with E-state index in [-0.39, 0.29) is 18.0 Å². The molecule has 0 atom stereocenters. The van der Waals surface area contributed by atoms with Gasteiger partial charge in [-0.25, -0.2) is 0 Å². The smallest absolute Gasteiger partial charge is 0.322 e. The summed E-state index contributed by atoms with van der Waals surface area (Å²) < 4.78 is 0. The van der Waals surface area contributed by atoms with Crippen molar-refractivity contribution in [2.45, 2.75) is 26.7 Å². The van der Waals surface area contributed by atoms with Crippen LogP contribution in [0.4, 0.5) is 5.69 Å². The van der Waals surface area contributed by atoms with Gasteiger partial charge in [0.05, 0.1) is 0 Å². The summed E-state index contributed by atoms with van der Waals surface area (Å²) >= 11 is 0. The molecule has 0 saturated carbocycles. The number of anilines is 1. The Morgan fingerprint density at radius 1 is 1.41 bits per heavy atom. The molecule has 0 fully saturated rings. The maximum atomic E-state index is 12.2. The Balaban J connectivity index is 2.97. The molecule has 0 heterocycles. The molecule has 1 aromatic rings. The summed E-state index contributed by atoms with van der Waals surface area (Å²) in [5.41, 5.74) is 2.38. The van der Waals surface area contributed by atoms with Gasteiger partial charge in [-0.1, -0.05) is 32.0 Å². The number of rotatable bonds is 6. The summed E-state index contributed by atoms with van der Waals surface area (Å²) in [6.07, 6.45) is 1.11. The van der Waals surface area contributed by atoms with Gasteiger partial charge in [-0.15, -0.1) is 0 Å². The Labute approximate surface area is 129 Å². The van der Waals surface area contributed by atoms with Gasteiger partial charge >= 0.3 is 5.97 Å². The molecule has 3 N–H and O–H groups in total. The number of carboxylic acids is 1. The lowest BCUT2D eigenvalue weighted by atomic mass is 9.98. The summed E-state index contributed by atoms with van der Waals surface area (Å²) in [6, 6.07) is 7.47. The summed E-state index contributed by atoms with van der Waals surface area (Å²) in [4.78, 5) is 22.6. The molecule has 0 unspecified atom stereocenters. The van der Waals surface area contributed by atoms with Crippen LogP contribution >= 0.6 is 0 Å². The number of benzene rings is 1. The first-order valence-electron chi connectivity index (χ1n) is 6.83. The van der Waals surface area contributed by atoms with E-state index in [1.165, 1.54) is 0 Å². The second-order valence-electron chi connectivity index (χ2n) is 5.09. The maximum Gasteiger partial charge on any atom is 0.322 e. The number of aryl methyl sites for hydroxylation is 1. The van der Waals surface area contributed by atoms with Crippen molar-refractivity contribution in [2.75, 3.05) is 11.9 Å². The number of nitrogens with one attached hydrogen (secondary N) is 2. The highest BCUT2D eigenvalue weighted by atomic mass is 16.4. The third-order valence-corrected chi connectivity index (χ3v) is 3.03. The van der Waals surface area contributed by atoms with Crippen molar-refractivity contribution in [1.29, 1.82) is 5.26 Å². The first-order chi connectivity index (χ1) is 10.4. The number of carbonyl (C=O) groups excluding carboxylic acids is 1. The van der Waals surface area contributed by atoms with Gasteiger partial charge in [0, 0.05) is 11.9 Å². The predicted octanol–water partition coefficient (Wildman–Crippen LogP) is 2.14. The van der Waals surface area contributed by atoms with Crippen LogP contribution in [0.2, 0.25) is 0 Å². The number of nitrogens with zero attached hydrogens (tertiary/aromatic N) is 1. The fraction of sp³-hybridized carbons (Fsp3) is 0.312. The van der Waals surface area contributed by atoms with Gasteiger partial charge in [0.2, 0.25) is 0 Å². The Kier molecular flexibility index (Phi) is 6.14. The third kappa shape index (κ3) is 4.63. The fourth-order valence-corrected chi connectivity index (χ4v) is 1.91. The summed E-state index contributed by atoms with van der Waals surface area (Å²) in [6.45, 7) is 5.54. The van der Waals surface area contributed by atoms with Crippen LogP contribution in [0, 0.1) is 18.3 Å². The van der Waals surface area contributed by atoms with E-state index in [0.717, 1.165) is 17.3 Å². The van der Waals surface area contributed by atoms with E-state index in [4.69, 9.17) is 10.4 Å². The minimum absolute atomic E-state index is 0.181. The molecule has 6 nitrogen and oxygen atoms in total. The highest BCUT2D eigenvalue weighted by Crippen LogP contribution is 2.27. The van der Waals surface area contributed by atoms with Gasteiger partial charge in [-0.2, -0.15) is 5.26 Å². The zero-order valence-corrected chi connectivity index (χ0v) is 12.8. The third-order valence-electron chi connectivity index (χ3n) is 3.03. The molecule has 0 aromatic heterocycles. The molecular weight excluding hydrogens is 282 g/mol. The normalized spacial score (nSPS) is 11.0. The SMILES string of the molecule is Cc1cccc(C(C)C)c1NC(=O)/C(C#N)=C\NCC(=O)O. The molecule has 0 aliphatic heterocycles. The van der Waals surface area contributed by atoms with Crippen LogP contribution in [0.5, 0.6) is 0 Å². The Morgan fingerprint density at radius 3 is 2.64 bits per heavy atom. The lowest BCUT2D eigenvalue weighted by Crippen LogP contribution is -2.21. The summed E-state index contributed by atoms with van der Waals surface area (Å²) in [5, 5.41) is 22.7. The fourth-order valence-electron chi connectivity index (χ4n) is 1.91. The molecule has 6 heteroatoms. The number of amides is 1. The van der Waals surface area contributed by atoms with Crippen LogP contribution < -0.4 is 10.6 Å². The zero-order valence-electron chi connectivity index (χ0n) is 12.8. The van der Waals surface area contributed by atoms with E-state index in [0.29, 0.717) is 5.69 Å². The number of hydrogen-bond donors (Lipinski definition) is 3. The van der Waals surface area contributed by atoms with E-state index in [9.17, 15) is 9.59 Å². The molecule has 0 spiro atoms. The van der Waals surface area contributed by atoms with Crippen LogP contribution in [-0.2, 0) is 9.59 Å². The Morgan fingerprint density at radius 2 is 2.09 bits per heavy atom. The van der Waals surface area contributed by atoms with Crippen molar-refractivity contribution in [2.24, 2.45) is 0 Å². The topological polar surface area (TPSA) is 102 Å². The monoisotopic (exact) mass is 301 g/mol. The minimum Gasteiger partial charge on any atom is -0.480 e. The number of carboxylic acid groups (broad SMARTS) is 1. The predicted molar refractivity (Wildman–Crippen MR) is 83.2 cm³/mol. The van der Waals surface area contributed by atoms with E-state index in [2.05, 4.69) is 10.6 Å². The zero-order chi connectivity index (χ0) is 16.7. The molecule has 1 aromatic carbocycles. The van der Waals surface area contributed by atoms with E-state index in [1.807, 2.05) is 39.0 Å². The van der Waals surface area contributed by atoms with Gasteiger partial charge in [-0.05, 0) is 24.0 Å². The summed E-state index contributed by atoms with van der Waals surface area (Å²) in [5.74, 6) is -1.43. The van der Waals surface area contributed by atoms with Gasteiger partial charge in [-0.3, -0.25) is 9.59 Å². The van der Waals surface area contributed by atoms with Gasteiger partial charge < -0.3 is 15.7 Å². The Hall–Kier alpha value is -2.81. The van der Waals surface area contributed by atoms with E-state index < -0.39 is 11.9 Å². The number of para-hydroxylation sites is 1. The first kappa shape index (κ1) is 17.2. The van der Waals surface area contributed by atoms with Gasteiger partial charge in [0.25, 0.3) is 5.91 Å². The standard InChI is InChI=1S/C16H19N3O3/c1-10(2)13-6-4-5-11(3)15(13)19-16(22)12(7-17)8-18-9-14(20)21/h4-6,8,10,18H,9H2,1-3H3,(H,19,22)(H,20,21)/b12-8-. The minimum atomic E-state index is -1.07. The maximum absolute atomic E-state index is 12.2. The average molecular weight is 301 g/mol. The first-order valence-corrected chi connectivity index (χ1v) is 6.83. The number of aliphatic carboxylic acids is 1. The molecule has 116 valence electrons. The van der Waals surface area contributed by atoms with Crippen molar-refractivity contribution in [3.8, 4) is 6.07 Å². The molecule has 0 aliphatic rings. The van der Waals surface area contributed by atoms with Crippen LogP contribution in [0.1, 0.15) is 30.9 Å². The van der Waals surface area contributed by atoms with Crippen LogP contribution in [-0.4, -0.2) is 23.5 Å². The van der Waals surface area contributed by atoms with Crippen LogP contribution in [0.25, 0.3) is 0 Å². The molecule has 1 rings (SSSR count). The van der Waals surface area contributed by atoms with Crippen molar-refractivity contribution in [3.05, 3.63) is 41.1 Å². The number of nitriles is 1. The number of carbonyl (C=O) groups is 2. The van der Waals surface area contributed by atoms with Gasteiger partial charge in [0.15, 0.2) is 0 Å². The highest BCUT2D eigenvalue weighted by molar-refractivity contribution is 6.07. The lowest BCUT2D eigenvalue weighted by Gasteiger charge is -2.16. The molecule has 1 amide bonds. The van der Waals surface area contributed by atoms with Crippen LogP contribution in [0.3, 0.4) is 0 Å². The molecule has 0 bridgehead atoms. The highest BCUT2D eigenvalue weighted by Gasteiger charge is 2.15. The van der Waals surface area contributed by atoms with Crippen LogP contribution in [0.15, 0.2) is 30.0 Å². The quantitative estimate of drug-likeness (QED) is 0.552. The lowest BCUT2D eigenvalue weighted by molar-refractivity contribution is -0.135. The largest absolute Gasteiger partial charge is 0.480 e. The molecular formula is C16H19N3O3. The van der Waals surface area contributed by atoms with Gasteiger partial charge in [0.1, 0.15) is 18.2 Å². The average Bonchev–Trinajstić information content (AvgIpc) is 2.45. The van der Waals surface area contributed by atoms with Crippen molar-refractivity contribution in [3.63, 3.8) is 0 Å². The van der Waals surface area contributed by atoms with E-state index in [1.54, 1.807) is 6.07 Å². The molecule has 0 saturated heterocycles. The Bertz CT molecular complexity index is 643. The second-order valence-corrected chi connectivity index (χ2v) is 5.09. The van der Waals surface area contributed by atoms with Crippen molar-refractivity contribution < 1.29 is 14.7 Å². The molecule has 0 aliphatic carbocycles. The molecule has 0 radical (unpaired) electrons. The number of hydrogen-bond acceptors (Lipinski definition) is 4. The van der Waals surface area contributed by atoms with Crippen molar-refractivity contribution >= 4 is 17.6 Å². The van der Waals surface area contributed by atoms with Crippen molar-refractivity contribution in [1.82, 2.24) is 5.32 Å². The molecule has 22 heavy (non-hydrogen) atoms.